The summed E-state index contributed by atoms with van der Waals surface area (Å²) < 4.78 is 3.85. The van der Waals surface area contributed by atoms with E-state index in [-0.39, 0.29) is 0 Å². The Kier molecular flexibility index (Phi) is 3.45. The van der Waals surface area contributed by atoms with Crippen LogP contribution in [0.2, 0.25) is 0 Å². The molecular weight excluding hydrogens is 158 g/mol. The van der Waals surface area contributed by atoms with Crippen molar-refractivity contribution in [1.82, 2.24) is 14.9 Å². The van der Waals surface area contributed by atoms with Gasteiger partial charge in [0.15, 0.2) is 0 Å². The Morgan fingerprint density at radius 2 is 2.36 bits per heavy atom. The highest BCUT2D eigenvalue weighted by atomic mass is 32.1. The highest BCUT2D eigenvalue weighted by Crippen LogP contribution is 2.07. The highest BCUT2D eigenvalue weighted by Gasteiger charge is 2.00. The Bertz CT molecular complexity index is 209. The summed E-state index contributed by atoms with van der Waals surface area (Å²) in [6.45, 7) is 6.13. The monoisotopic (exact) mass is 171 g/mol. The molecule has 1 heterocycles. The van der Waals surface area contributed by atoms with E-state index in [1.807, 2.05) is 6.92 Å². The molecule has 1 rings (SSSR count). The number of rotatable bonds is 4. The average molecular weight is 171 g/mol. The quantitative estimate of drug-likeness (QED) is 0.695. The second-order valence-electron chi connectivity index (χ2n) is 2.46. The van der Waals surface area contributed by atoms with Crippen molar-refractivity contribution in [1.29, 1.82) is 0 Å². The van der Waals surface area contributed by atoms with E-state index in [1.165, 1.54) is 22.8 Å². The van der Waals surface area contributed by atoms with Crippen molar-refractivity contribution in [2.24, 2.45) is 0 Å². The molecule has 62 valence electrons. The first-order valence-corrected chi connectivity index (χ1v) is 4.60. The van der Waals surface area contributed by atoms with Crippen LogP contribution in [0.3, 0.4) is 0 Å². The molecule has 0 saturated carbocycles. The molecule has 0 spiro atoms. The van der Waals surface area contributed by atoms with Crippen LogP contribution in [0.15, 0.2) is 0 Å². The van der Waals surface area contributed by atoms with Crippen molar-refractivity contribution < 1.29 is 0 Å². The Morgan fingerprint density at radius 1 is 1.55 bits per heavy atom. The minimum absolute atomic E-state index is 0.914. The topological polar surface area (TPSA) is 37.8 Å². The summed E-state index contributed by atoms with van der Waals surface area (Å²) in [5.74, 6) is 0. The van der Waals surface area contributed by atoms with Crippen molar-refractivity contribution in [3.05, 3.63) is 10.6 Å². The largest absolute Gasteiger partial charge is 0.312 e. The normalized spacial score (nSPS) is 10.4. The fraction of sp³-hybridized carbons (Fsp3) is 0.714. The van der Waals surface area contributed by atoms with Gasteiger partial charge in [-0.15, -0.1) is 5.10 Å². The van der Waals surface area contributed by atoms with Crippen LogP contribution in [-0.2, 0) is 6.54 Å². The summed E-state index contributed by atoms with van der Waals surface area (Å²) in [6, 6.07) is 0. The van der Waals surface area contributed by atoms with Gasteiger partial charge in [-0.25, -0.2) is 0 Å². The van der Waals surface area contributed by atoms with Crippen LogP contribution in [0.5, 0.6) is 0 Å². The molecule has 1 aromatic heterocycles. The Morgan fingerprint density at radius 3 is 2.91 bits per heavy atom. The van der Waals surface area contributed by atoms with Crippen molar-refractivity contribution >= 4 is 11.5 Å². The SMILES string of the molecule is CCCNCc1snnc1C. The van der Waals surface area contributed by atoms with Crippen LogP contribution in [0.25, 0.3) is 0 Å². The van der Waals surface area contributed by atoms with E-state index in [2.05, 4.69) is 21.8 Å². The molecule has 0 fully saturated rings. The summed E-state index contributed by atoms with van der Waals surface area (Å²) in [6.07, 6.45) is 1.17. The van der Waals surface area contributed by atoms with Gasteiger partial charge in [-0.3, -0.25) is 0 Å². The molecule has 4 heteroatoms. The third-order valence-electron chi connectivity index (χ3n) is 1.46. The zero-order valence-electron chi connectivity index (χ0n) is 6.92. The van der Waals surface area contributed by atoms with E-state index in [0.717, 1.165) is 18.8 Å². The van der Waals surface area contributed by atoms with Crippen molar-refractivity contribution in [2.45, 2.75) is 26.8 Å². The van der Waals surface area contributed by atoms with E-state index in [9.17, 15) is 0 Å². The average Bonchev–Trinajstić information content (AvgIpc) is 2.37. The molecular formula is C7H13N3S. The van der Waals surface area contributed by atoms with Crippen LogP contribution in [0.4, 0.5) is 0 Å². The predicted octanol–water partition coefficient (Wildman–Crippen LogP) is 1.35. The smallest absolute Gasteiger partial charge is 0.0769 e. The molecule has 1 aromatic rings. The lowest BCUT2D eigenvalue weighted by molar-refractivity contribution is 0.678. The van der Waals surface area contributed by atoms with Gasteiger partial charge in [-0.2, -0.15) is 0 Å². The molecule has 0 aromatic carbocycles. The van der Waals surface area contributed by atoms with Crippen LogP contribution in [0, 0.1) is 6.92 Å². The highest BCUT2D eigenvalue weighted by molar-refractivity contribution is 7.05. The maximum Gasteiger partial charge on any atom is 0.0769 e. The first-order chi connectivity index (χ1) is 5.34. The Labute approximate surface area is 71.0 Å². The fourth-order valence-corrected chi connectivity index (χ4v) is 1.39. The number of nitrogens with zero attached hydrogens (tertiary/aromatic N) is 2. The first-order valence-electron chi connectivity index (χ1n) is 3.83. The van der Waals surface area contributed by atoms with E-state index >= 15 is 0 Å². The Hall–Kier alpha value is -0.480. The minimum atomic E-state index is 0.914. The number of aromatic nitrogens is 2. The zero-order valence-corrected chi connectivity index (χ0v) is 7.74. The molecule has 0 amide bonds. The van der Waals surface area contributed by atoms with Crippen LogP contribution >= 0.6 is 11.5 Å². The van der Waals surface area contributed by atoms with Crippen molar-refractivity contribution in [3.63, 3.8) is 0 Å². The van der Waals surface area contributed by atoms with Gasteiger partial charge in [-0.1, -0.05) is 11.4 Å². The summed E-state index contributed by atoms with van der Waals surface area (Å²) in [4.78, 5) is 1.25. The molecule has 0 saturated heterocycles. The van der Waals surface area contributed by atoms with Gasteiger partial charge >= 0.3 is 0 Å². The summed E-state index contributed by atoms with van der Waals surface area (Å²) >= 11 is 1.48. The molecule has 0 radical (unpaired) electrons. The number of aryl methyl sites for hydroxylation is 1. The van der Waals surface area contributed by atoms with Gasteiger partial charge in [-0.05, 0) is 31.4 Å². The van der Waals surface area contributed by atoms with Gasteiger partial charge in [0, 0.05) is 6.54 Å². The van der Waals surface area contributed by atoms with Gasteiger partial charge in [0.2, 0.25) is 0 Å². The van der Waals surface area contributed by atoms with Gasteiger partial charge in [0.05, 0.1) is 10.6 Å². The molecule has 0 aliphatic carbocycles. The number of nitrogens with one attached hydrogen (secondary N) is 1. The zero-order chi connectivity index (χ0) is 8.10. The number of hydrogen-bond donors (Lipinski definition) is 1. The third kappa shape index (κ3) is 2.55. The van der Waals surface area contributed by atoms with E-state index < -0.39 is 0 Å². The van der Waals surface area contributed by atoms with E-state index in [0.29, 0.717) is 0 Å². The summed E-state index contributed by atoms with van der Waals surface area (Å²) in [5, 5.41) is 7.23. The van der Waals surface area contributed by atoms with Gasteiger partial charge < -0.3 is 5.32 Å². The van der Waals surface area contributed by atoms with E-state index in [1.54, 1.807) is 0 Å². The van der Waals surface area contributed by atoms with Crippen molar-refractivity contribution in [3.8, 4) is 0 Å². The van der Waals surface area contributed by atoms with Crippen molar-refractivity contribution in [2.75, 3.05) is 6.54 Å². The second-order valence-corrected chi connectivity index (χ2v) is 3.30. The molecule has 0 bridgehead atoms. The molecule has 0 aliphatic heterocycles. The lowest BCUT2D eigenvalue weighted by atomic mass is 10.4. The third-order valence-corrected chi connectivity index (χ3v) is 2.28. The fourth-order valence-electron chi connectivity index (χ4n) is 0.792. The van der Waals surface area contributed by atoms with Crippen LogP contribution in [0.1, 0.15) is 23.9 Å². The molecule has 0 aliphatic rings. The van der Waals surface area contributed by atoms with Crippen LogP contribution < -0.4 is 5.32 Å². The maximum absolute atomic E-state index is 3.92. The molecule has 0 atom stereocenters. The predicted molar refractivity (Wildman–Crippen MR) is 46.6 cm³/mol. The van der Waals surface area contributed by atoms with Crippen LogP contribution in [-0.4, -0.2) is 16.1 Å². The maximum atomic E-state index is 3.92. The molecule has 0 unspecified atom stereocenters. The first kappa shape index (κ1) is 8.62. The Balaban J connectivity index is 2.32. The summed E-state index contributed by atoms with van der Waals surface area (Å²) in [7, 11) is 0. The second kappa shape index (κ2) is 4.41. The molecule has 11 heavy (non-hydrogen) atoms. The van der Waals surface area contributed by atoms with Gasteiger partial charge in [0.1, 0.15) is 0 Å². The lowest BCUT2D eigenvalue weighted by Gasteiger charge is -1.98. The molecule has 1 N–H and O–H groups in total. The minimum Gasteiger partial charge on any atom is -0.312 e. The van der Waals surface area contributed by atoms with E-state index in [4.69, 9.17) is 0 Å². The number of hydrogen-bond acceptors (Lipinski definition) is 4. The van der Waals surface area contributed by atoms with Gasteiger partial charge in [0.25, 0.3) is 0 Å². The molecule has 3 nitrogen and oxygen atoms in total. The summed E-state index contributed by atoms with van der Waals surface area (Å²) in [5.41, 5.74) is 1.05. The standard InChI is InChI=1S/C7H13N3S/c1-3-4-8-5-7-6(2)9-10-11-7/h8H,3-5H2,1-2H3. The lowest BCUT2D eigenvalue weighted by Crippen LogP contribution is -2.13.